The van der Waals surface area contributed by atoms with Crippen molar-refractivity contribution in [1.82, 2.24) is 19.9 Å². The first-order valence-corrected chi connectivity index (χ1v) is 53.0. The molecule has 0 saturated carbocycles. The monoisotopic (exact) mass is 1900 g/mol. The molecule has 0 unspecified atom stereocenters. The normalized spacial score (nSPS) is 11.8. The lowest BCUT2D eigenvalue weighted by atomic mass is 10.0. The molecule has 24 heteroatoms. The van der Waals surface area contributed by atoms with Crippen LogP contribution >= 0.6 is 0 Å². The van der Waals surface area contributed by atoms with E-state index >= 15 is 0 Å². The Balaban J connectivity index is 1.26. The maximum atomic E-state index is 7.00. The summed E-state index contributed by atoms with van der Waals surface area (Å²) in [6, 6.07) is 25.6. The van der Waals surface area contributed by atoms with E-state index in [1.54, 1.807) is 28.4 Å². The van der Waals surface area contributed by atoms with E-state index in [0.29, 0.717) is 227 Å². The molecular formula is C112H174N4O20. The molecule has 0 atom stereocenters. The largest absolute Gasteiger partial charge is 0.490 e. The summed E-state index contributed by atoms with van der Waals surface area (Å²) in [5.74, 6) is 4.87. The molecule has 0 aliphatic carbocycles. The van der Waals surface area contributed by atoms with Crippen molar-refractivity contribution < 1.29 is 94.7 Å². The molecule has 0 amide bonds. The molecule has 4 aromatic carbocycles. The highest BCUT2D eigenvalue weighted by molar-refractivity contribution is 6.12. The van der Waals surface area contributed by atoms with E-state index < -0.39 is 0 Å². The first-order valence-electron chi connectivity index (χ1n) is 53.0. The van der Waals surface area contributed by atoms with Gasteiger partial charge in [0.05, 0.1) is 181 Å². The van der Waals surface area contributed by atoms with Gasteiger partial charge in [-0.15, -0.1) is 0 Å². The Morgan fingerprint density at radius 2 is 0.324 bits per heavy atom. The molecule has 0 saturated heterocycles. The van der Waals surface area contributed by atoms with Crippen LogP contribution in [0.3, 0.4) is 0 Å². The second kappa shape index (κ2) is 71.8. The van der Waals surface area contributed by atoms with Crippen LogP contribution in [-0.4, -0.2) is 233 Å². The van der Waals surface area contributed by atoms with Gasteiger partial charge in [-0.05, 0) is 98.5 Å². The Hall–Kier alpha value is -7.56. The summed E-state index contributed by atoms with van der Waals surface area (Å²) in [4.78, 5) is 19.6. The molecular weight excluding hydrogens is 1720 g/mol. The van der Waals surface area contributed by atoms with Gasteiger partial charge in [0.1, 0.15) is 26.4 Å². The van der Waals surface area contributed by atoms with Crippen LogP contribution in [0, 0.1) is 0 Å². The maximum Gasteiger partial charge on any atom is 0.162 e. The predicted molar refractivity (Wildman–Crippen MR) is 550 cm³/mol. The molecule has 2 aliphatic heterocycles. The van der Waals surface area contributed by atoms with Gasteiger partial charge in [0.25, 0.3) is 0 Å². The molecule has 762 valence electrons. The first-order chi connectivity index (χ1) is 67.3. The minimum absolute atomic E-state index is 0.263. The molecule has 136 heavy (non-hydrogen) atoms. The third kappa shape index (κ3) is 42.5. The molecule has 5 heterocycles. The number of fused-ring (bicyclic) bond motifs is 20. The van der Waals surface area contributed by atoms with Crippen LogP contribution < -0.4 is 37.9 Å². The number of rotatable bonds is 88. The highest BCUT2D eigenvalue weighted by atomic mass is 16.6. The fraction of sp³-hybridized carbons (Fsp3) is 0.679. The number of benzene rings is 4. The van der Waals surface area contributed by atoms with Crippen LogP contribution in [0.1, 0.15) is 285 Å². The average molecular weight is 1900 g/mol. The lowest BCUT2D eigenvalue weighted by molar-refractivity contribution is 0.0177. The van der Waals surface area contributed by atoms with Crippen molar-refractivity contribution >= 4 is 43.6 Å². The zero-order valence-electron chi connectivity index (χ0n) is 85.1. The minimum Gasteiger partial charge on any atom is -0.490 e. The average Bonchev–Trinajstić information content (AvgIpc) is 1.59. The Bertz CT molecular complexity index is 4120. The summed E-state index contributed by atoms with van der Waals surface area (Å²) in [5, 5.41) is 3.55. The molecule has 0 radical (unpaired) electrons. The van der Waals surface area contributed by atoms with Crippen molar-refractivity contribution in [2.24, 2.45) is 0 Å². The minimum atomic E-state index is 0.263. The Labute approximate surface area is 815 Å². The summed E-state index contributed by atoms with van der Waals surface area (Å²) in [6.45, 7) is 20.9. The highest BCUT2D eigenvalue weighted by Gasteiger charge is 2.27. The number of aromatic amines is 2. The van der Waals surface area contributed by atoms with E-state index in [0.717, 1.165) is 143 Å². The van der Waals surface area contributed by atoms with Crippen LogP contribution in [-0.2, 0) is 56.8 Å². The maximum absolute atomic E-state index is 7.00. The second-order valence-electron chi connectivity index (χ2n) is 36.0. The molecule has 9 rings (SSSR count). The van der Waals surface area contributed by atoms with E-state index in [1.165, 1.54) is 180 Å². The molecule has 3 aromatic heterocycles. The van der Waals surface area contributed by atoms with Crippen molar-refractivity contribution in [2.75, 3.05) is 213 Å². The Kier molecular flexibility index (Phi) is 59.2. The predicted octanol–water partition coefficient (Wildman–Crippen LogP) is 26.7. The summed E-state index contributed by atoms with van der Waals surface area (Å²) in [6.07, 6.45) is 48.2. The van der Waals surface area contributed by atoms with Crippen molar-refractivity contribution in [3.63, 3.8) is 0 Å². The molecule has 24 nitrogen and oxygen atoms in total. The van der Waals surface area contributed by atoms with Gasteiger partial charge in [-0.25, -0.2) is 9.97 Å². The van der Waals surface area contributed by atoms with Gasteiger partial charge < -0.3 is 105 Å². The third-order valence-corrected chi connectivity index (χ3v) is 24.9. The van der Waals surface area contributed by atoms with Crippen LogP contribution in [0.25, 0.3) is 88.6 Å². The molecule has 0 fully saturated rings. The Morgan fingerprint density at radius 1 is 0.169 bits per heavy atom. The fourth-order valence-electron chi connectivity index (χ4n) is 17.2. The van der Waals surface area contributed by atoms with Crippen molar-refractivity contribution in [3.05, 3.63) is 72.8 Å². The number of aromatic nitrogens is 4. The molecule has 2 aliphatic rings. The van der Waals surface area contributed by atoms with E-state index in [9.17, 15) is 0 Å². The van der Waals surface area contributed by atoms with E-state index in [-0.39, 0.29) is 26.4 Å². The van der Waals surface area contributed by atoms with Crippen LogP contribution in [0.4, 0.5) is 0 Å². The number of H-pyrrole nitrogens is 2. The number of ether oxygens (including phenoxy) is 20. The zero-order chi connectivity index (χ0) is 95.4. The summed E-state index contributed by atoms with van der Waals surface area (Å²) >= 11 is 0. The lowest BCUT2D eigenvalue weighted by Crippen LogP contribution is -2.12. The van der Waals surface area contributed by atoms with Crippen molar-refractivity contribution in [3.8, 4) is 91.0 Å². The lowest BCUT2D eigenvalue weighted by Gasteiger charge is -2.15. The molecule has 2 N–H and O–H groups in total. The van der Waals surface area contributed by atoms with Crippen LogP contribution in [0.2, 0.25) is 0 Å². The van der Waals surface area contributed by atoms with Gasteiger partial charge in [0, 0.05) is 94.3 Å². The number of methoxy groups -OCH3 is 4. The number of hydrogen-bond donors (Lipinski definition) is 2. The molecule has 0 spiro atoms. The Morgan fingerprint density at radius 3 is 0.507 bits per heavy atom. The van der Waals surface area contributed by atoms with Crippen molar-refractivity contribution in [2.45, 2.75) is 285 Å². The van der Waals surface area contributed by atoms with Gasteiger partial charge in [0.2, 0.25) is 0 Å². The number of unbranched alkanes of at least 4 members (excludes halogenated alkanes) is 36. The van der Waals surface area contributed by atoms with E-state index in [4.69, 9.17) is 105 Å². The van der Waals surface area contributed by atoms with Gasteiger partial charge in [-0.2, -0.15) is 0 Å². The van der Waals surface area contributed by atoms with Gasteiger partial charge >= 0.3 is 0 Å². The topological polar surface area (TPSA) is 242 Å². The summed E-state index contributed by atoms with van der Waals surface area (Å²) < 4.78 is 124. The smallest absolute Gasteiger partial charge is 0.162 e. The SMILES string of the molecule is CCCCCCCCCCCCOc1cc2c(cc1OCCOCCOCCOC)-c1cc3[nH]c(cc4nc(cc5[nH]c(cc-2n1)c1cc(OCCCCCCCCCCCC)c(OCCOCCOCCOC)cc51)-c1cc(OCCOCCOCCOC)c(OCCCCCCCCCCCC)cc1-4)c1cc(OCCCCCCCCCCCC)c(OCCOCCOCCOC)cc31. The quantitative estimate of drug-likeness (QED) is 0.0337. The molecule has 8 bridgehead atoms. The first kappa shape index (κ1) is 112. The van der Waals surface area contributed by atoms with Gasteiger partial charge in [-0.1, -0.05) is 259 Å². The van der Waals surface area contributed by atoms with Crippen LogP contribution in [0.15, 0.2) is 72.8 Å². The number of nitrogens with zero attached hydrogens (tertiary/aromatic N) is 2. The number of hydrogen-bond acceptors (Lipinski definition) is 22. The second-order valence-corrected chi connectivity index (χ2v) is 36.0. The van der Waals surface area contributed by atoms with Gasteiger partial charge in [0.15, 0.2) is 46.0 Å². The number of nitrogens with one attached hydrogen (secondary N) is 2. The fourth-order valence-corrected chi connectivity index (χ4v) is 17.2. The van der Waals surface area contributed by atoms with E-state index in [2.05, 4.69) is 110 Å². The van der Waals surface area contributed by atoms with Gasteiger partial charge in [-0.3, -0.25) is 0 Å². The zero-order valence-corrected chi connectivity index (χ0v) is 85.1. The summed E-state index contributed by atoms with van der Waals surface area (Å²) in [5.41, 5.74) is 9.41. The van der Waals surface area contributed by atoms with Crippen molar-refractivity contribution in [1.29, 1.82) is 0 Å². The summed E-state index contributed by atoms with van der Waals surface area (Å²) in [7, 11) is 6.69. The third-order valence-electron chi connectivity index (χ3n) is 24.9. The van der Waals surface area contributed by atoms with E-state index in [1.807, 2.05) is 0 Å². The van der Waals surface area contributed by atoms with Crippen LogP contribution in [0.5, 0.6) is 46.0 Å². The highest BCUT2D eigenvalue weighted by Crippen LogP contribution is 2.49. The standard InChI is InChI=1S/C112H174N4O20/c1-9-13-17-21-25-29-33-37-41-45-49-129-105-77-89-93(81-109(105)133-73-69-125-65-61-121-57-53-117-5)101-87-102-95-83-111(135-75-71-127-67-63-123-59-55-119-7)107(131-51-47-43-39-35-31-27-23-19-15-11-3)79-91(95)99(115-102)86-100-92-80-108(132-52-48-44-40-36-32-28-24-20-16-12-4)112(136-76-72-128-68-64-124-60-56-120-8)84-96(92)104(116-100)88-103-94-82-110(134-74-70-126-66-62-122-58-54-118-6)106(78-90(94)98(114-103)85-97(89)113-101)130-50-46-42-38-34-30-26-22-18-14-10-2/h77-88,113,116H,9-76H2,1-8H3. The molecule has 7 aromatic rings.